The van der Waals surface area contributed by atoms with Crippen molar-refractivity contribution < 1.29 is 14.1 Å². The number of nitrogens with zero attached hydrogens (tertiary/aromatic N) is 1. The van der Waals surface area contributed by atoms with E-state index in [1.54, 1.807) is 0 Å². The largest absolute Gasteiger partial charge is 0.453 e. The monoisotopic (exact) mass is 271 g/mol. The molecule has 0 spiro atoms. The smallest absolute Gasteiger partial charge is 0.411 e. The minimum atomic E-state index is -0.447. The van der Waals surface area contributed by atoms with Crippen molar-refractivity contribution in [3.05, 3.63) is 59.9 Å². The summed E-state index contributed by atoms with van der Waals surface area (Å²) in [5.74, 6) is 0. The predicted molar refractivity (Wildman–Crippen MR) is 77.6 cm³/mol. The van der Waals surface area contributed by atoms with Gasteiger partial charge in [0.2, 0.25) is 0 Å². The second-order valence-electron chi connectivity index (χ2n) is 4.51. The van der Waals surface area contributed by atoms with Crippen LogP contribution in [0.25, 0.3) is 0 Å². The van der Waals surface area contributed by atoms with Gasteiger partial charge in [0.15, 0.2) is 18.9 Å². The van der Waals surface area contributed by atoms with E-state index >= 15 is 0 Å². The molecule has 0 aliphatic carbocycles. The molecule has 1 amide bonds. The zero-order valence-corrected chi connectivity index (χ0v) is 11.8. The van der Waals surface area contributed by atoms with Gasteiger partial charge < -0.3 is 4.74 Å². The van der Waals surface area contributed by atoms with Crippen molar-refractivity contribution in [3.63, 3.8) is 0 Å². The number of methoxy groups -OCH3 is 1. The number of pyridine rings is 1. The van der Waals surface area contributed by atoms with Crippen molar-refractivity contribution >= 4 is 11.8 Å². The van der Waals surface area contributed by atoms with Gasteiger partial charge in [-0.25, -0.2) is 4.79 Å². The fourth-order valence-electron chi connectivity index (χ4n) is 2.04. The number of hydrogen-bond donors (Lipinski definition) is 1. The summed E-state index contributed by atoms with van der Waals surface area (Å²) in [6, 6.07) is 12.2. The molecule has 0 saturated carbocycles. The number of ether oxygens (including phenoxy) is 1. The van der Waals surface area contributed by atoms with Crippen molar-refractivity contribution in [3.8, 4) is 0 Å². The third-order valence-corrected chi connectivity index (χ3v) is 3.12. The Kier molecular flexibility index (Phi) is 4.71. The van der Waals surface area contributed by atoms with Crippen molar-refractivity contribution in [1.82, 2.24) is 0 Å². The molecule has 4 heteroatoms. The molecule has 2 aromatic rings. The number of hydrogen-bond acceptors (Lipinski definition) is 2. The van der Waals surface area contributed by atoms with Crippen LogP contribution in [0, 0.1) is 0 Å². The van der Waals surface area contributed by atoms with Crippen molar-refractivity contribution in [1.29, 1.82) is 0 Å². The summed E-state index contributed by atoms with van der Waals surface area (Å²) in [5, 5.41) is 2.76. The highest BCUT2D eigenvalue weighted by atomic mass is 16.5. The van der Waals surface area contributed by atoms with E-state index in [9.17, 15) is 4.79 Å². The maximum Gasteiger partial charge on any atom is 0.411 e. The van der Waals surface area contributed by atoms with Crippen LogP contribution < -0.4 is 9.88 Å². The predicted octanol–water partition coefficient (Wildman–Crippen LogP) is 2.76. The Labute approximate surface area is 119 Å². The van der Waals surface area contributed by atoms with Crippen molar-refractivity contribution in [2.45, 2.75) is 19.9 Å². The highest BCUT2D eigenvalue weighted by molar-refractivity contribution is 5.85. The highest BCUT2D eigenvalue weighted by Gasteiger charge is 2.11. The zero-order chi connectivity index (χ0) is 14.4. The number of carbonyl (C=O) groups excluding carboxylic acids is 1. The molecule has 0 aliphatic rings. The Hall–Kier alpha value is -2.36. The van der Waals surface area contributed by atoms with E-state index < -0.39 is 6.09 Å². The number of nitrogens with one attached hydrogen (secondary N) is 1. The van der Waals surface area contributed by atoms with Crippen LogP contribution in [0.5, 0.6) is 0 Å². The third-order valence-electron chi connectivity index (χ3n) is 3.12. The molecule has 0 radical (unpaired) electrons. The summed E-state index contributed by atoms with van der Waals surface area (Å²) < 4.78 is 6.69. The van der Waals surface area contributed by atoms with E-state index in [0.717, 1.165) is 24.2 Å². The highest BCUT2D eigenvalue weighted by Crippen LogP contribution is 2.13. The Balaban J connectivity index is 2.22. The molecule has 0 saturated heterocycles. The summed E-state index contributed by atoms with van der Waals surface area (Å²) in [5.41, 5.74) is 3.09. The van der Waals surface area contributed by atoms with Gasteiger partial charge >= 0.3 is 6.09 Å². The molecule has 2 rings (SSSR count). The first-order valence-electron chi connectivity index (χ1n) is 6.63. The first kappa shape index (κ1) is 14.1. The van der Waals surface area contributed by atoms with Crippen LogP contribution in [0.3, 0.4) is 0 Å². The summed E-state index contributed by atoms with van der Waals surface area (Å²) in [7, 11) is 1.36. The minimum absolute atomic E-state index is 0.447. The Bertz CT molecular complexity index is 582. The van der Waals surface area contributed by atoms with Gasteiger partial charge in [0.25, 0.3) is 0 Å². The molecule has 0 fully saturated rings. The third kappa shape index (κ3) is 3.57. The van der Waals surface area contributed by atoms with E-state index in [0.29, 0.717) is 0 Å². The van der Waals surface area contributed by atoms with E-state index in [-0.39, 0.29) is 0 Å². The number of anilines is 1. The molecule has 20 heavy (non-hydrogen) atoms. The molecule has 1 aromatic carbocycles. The maximum atomic E-state index is 11.4. The average Bonchev–Trinajstić information content (AvgIpc) is 2.48. The second kappa shape index (κ2) is 6.70. The number of amides is 1. The Morgan fingerprint density at radius 2 is 2.00 bits per heavy atom. The average molecular weight is 271 g/mol. The van der Waals surface area contributed by atoms with Gasteiger partial charge in [0.05, 0.1) is 7.11 Å². The SMILES string of the molecule is CCc1cc[n+](Cc2ccccc2)cc1NC(=O)OC. The molecule has 0 bridgehead atoms. The molecular formula is C16H19N2O2+. The summed E-state index contributed by atoms with van der Waals surface area (Å²) >= 11 is 0. The maximum absolute atomic E-state index is 11.4. The lowest BCUT2D eigenvalue weighted by Crippen LogP contribution is -2.34. The summed E-state index contributed by atoms with van der Waals surface area (Å²) in [6.45, 7) is 2.82. The van der Waals surface area contributed by atoms with E-state index in [4.69, 9.17) is 0 Å². The topological polar surface area (TPSA) is 42.2 Å². The van der Waals surface area contributed by atoms with Gasteiger partial charge in [0.1, 0.15) is 5.69 Å². The van der Waals surface area contributed by atoms with Gasteiger partial charge in [-0.15, -0.1) is 0 Å². The molecule has 1 heterocycles. The lowest BCUT2D eigenvalue weighted by atomic mass is 10.1. The minimum Gasteiger partial charge on any atom is -0.453 e. The van der Waals surface area contributed by atoms with Crippen molar-refractivity contribution in [2.24, 2.45) is 0 Å². The molecular weight excluding hydrogens is 252 g/mol. The van der Waals surface area contributed by atoms with Gasteiger partial charge in [-0.2, -0.15) is 4.57 Å². The zero-order valence-electron chi connectivity index (χ0n) is 11.8. The molecule has 4 nitrogen and oxygen atoms in total. The molecule has 0 aliphatic heterocycles. The fourth-order valence-corrected chi connectivity index (χ4v) is 2.04. The Morgan fingerprint density at radius 3 is 2.65 bits per heavy atom. The number of rotatable bonds is 4. The van der Waals surface area contributed by atoms with Crippen LogP contribution in [0.15, 0.2) is 48.8 Å². The summed E-state index contributed by atoms with van der Waals surface area (Å²) in [6.07, 6.45) is 4.36. The van der Waals surface area contributed by atoms with E-state index in [1.165, 1.54) is 12.7 Å². The number of benzene rings is 1. The first-order valence-corrected chi connectivity index (χ1v) is 6.63. The molecule has 104 valence electrons. The van der Waals surface area contributed by atoms with Crippen LogP contribution in [0.1, 0.15) is 18.1 Å². The Morgan fingerprint density at radius 1 is 1.25 bits per heavy atom. The van der Waals surface area contributed by atoms with Crippen LogP contribution in [-0.4, -0.2) is 13.2 Å². The second-order valence-corrected chi connectivity index (χ2v) is 4.51. The first-order chi connectivity index (χ1) is 9.72. The van der Waals surface area contributed by atoms with E-state index in [2.05, 4.69) is 29.1 Å². The van der Waals surface area contributed by atoms with Crippen LogP contribution in [-0.2, 0) is 17.7 Å². The number of aryl methyl sites for hydroxylation is 1. The fraction of sp³-hybridized carbons (Fsp3) is 0.250. The van der Waals surface area contributed by atoms with Gasteiger partial charge in [-0.05, 0) is 12.0 Å². The quantitative estimate of drug-likeness (QED) is 0.869. The molecule has 1 N–H and O–H groups in total. The summed E-state index contributed by atoms with van der Waals surface area (Å²) in [4.78, 5) is 11.4. The molecule has 1 aromatic heterocycles. The lowest BCUT2D eigenvalue weighted by Gasteiger charge is -2.07. The van der Waals surface area contributed by atoms with Gasteiger partial charge in [-0.3, -0.25) is 5.32 Å². The van der Waals surface area contributed by atoms with Crippen LogP contribution >= 0.6 is 0 Å². The number of aromatic nitrogens is 1. The molecule has 0 atom stereocenters. The van der Waals surface area contributed by atoms with E-state index in [1.807, 2.05) is 41.2 Å². The van der Waals surface area contributed by atoms with Crippen LogP contribution in [0.2, 0.25) is 0 Å². The van der Waals surface area contributed by atoms with Gasteiger partial charge in [0, 0.05) is 11.6 Å². The standard InChI is InChI=1S/C16H18N2O2/c1-3-14-9-10-18(11-13-7-5-4-6-8-13)12-15(14)17-16(19)20-2/h4-10,12H,3,11H2,1-2H3/p+1. The van der Waals surface area contributed by atoms with Gasteiger partial charge in [-0.1, -0.05) is 37.3 Å². The lowest BCUT2D eigenvalue weighted by molar-refractivity contribution is -0.687. The van der Waals surface area contributed by atoms with Crippen molar-refractivity contribution in [2.75, 3.05) is 12.4 Å². The normalized spacial score (nSPS) is 10.1. The molecule has 0 unspecified atom stereocenters. The van der Waals surface area contributed by atoms with Crippen LogP contribution in [0.4, 0.5) is 10.5 Å². The number of carbonyl (C=O) groups is 1.